The summed E-state index contributed by atoms with van der Waals surface area (Å²) in [5.41, 5.74) is 0.344. The van der Waals surface area contributed by atoms with Crippen LogP contribution in [-0.2, 0) is 11.3 Å². The van der Waals surface area contributed by atoms with Crippen LogP contribution in [0.4, 0.5) is 4.39 Å². The fourth-order valence-corrected chi connectivity index (χ4v) is 2.40. The number of carbonyl (C=O) groups excluding carboxylic acids is 2. The number of ether oxygens (including phenoxy) is 1. The fourth-order valence-electron chi connectivity index (χ4n) is 2.40. The molecule has 138 valence electrons. The van der Waals surface area contributed by atoms with Crippen molar-refractivity contribution in [2.24, 2.45) is 0 Å². The van der Waals surface area contributed by atoms with E-state index in [1.54, 1.807) is 0 Å². The van der Waals surface area contributed by atoms with E-state index in [1.165, 1.54) is 42.3 Å². The number of carbonyl (C=O) groups is 2. The van der Waals surface area contributed by atoms with Gasteiger partial charge in [-0.05, 0) is 29.7 Å². The van der Waals surface area contributed by atoms with Crippen molar-refractivity contribution in [3.8, 4) is 11.8 Å². The maximum absolute atomic E-state index is 13.8. The minimum atomic E-state index is -1.86. The molecule has 0 aliphatic rings. The molecule has 0 saturated carbocycles. The first-order valence-electron chi connectivity index (χ1n) is 7.87. The fraction of sp³-hybridized carbons (Fsp3) is 0.167. The molecular weight excluding hydrogens is 354 g/mol. The number of benzene rings is 2. The van der Waals surface area contributed by atoms with E-state index in [0.717, 1.165) is 6.07 Å². The standard InChI is InChI=1S/C18H16BFN2O5/c1-22(9-13-7-12(8-21)5-6-16(13)20)18(24)11-27-17-4-2-3-15(19(25)26)14(17)10-23/h2-7,10,25-26H,9,11H2,1H3. The average molecular weight is 370 g/mol. The van der Waals surface area contributed by atoms with E-state index < -0.39 is 25.4 Å². The molecule has 0 aliphatic carbocycles. The zero-order valence-corrected chi connectivity index (χ0v) is 14.4. The summed E-state index contributed by atoms with van der Waals surface area (Å²) in [6.45, 7) is -0.513. The zero-order valence-electron chi connectivity index (χ0n) is 14.4. The molecule has 0 radical (unpaired) electrons. The average Bonchev–Trinajstić information content (AvgIpc) is 2.67. The second kappa shape index (κ2) is 8.94. The Labute approximate surface area is 155 Å². The highest BCUT2D eigenvalue weighted by Gasteiger charge is 2.20. The predicted molar refractivity (Wildman–Crippen MR) is 94.7 cm³/mol. The van der Waals surface area contributed by atoms with Crippen LogP contribution in [0.2, 0.25) is 0 Å². The number of nitrogens with zero attached hydrogens (tertiary/aromatic N) is 2. The maximum Gasteiger partial charge on any atom is 0.489 e. The first-order valence-corrected chi connectivity index (χ1v) is 7.87. The van der Waals surface area contributed by atoms with Crippen LogP contribution in [0, 0.1) is 17.1 Å². The molecule has 0 aromatic heterocycles. The molecule has 0 unspecified atom stereocenters. The van der Waals surface area contributed by atoms with E-state index in [0.29, 0.717) is 6.29 Å². The predicted octanol–water partition coefficient (Wildman–Crippen LogP) is 0.227. The second-order valence-electron chi connectivity index (χ2n) is 5.71. The second-order valence-corrected chi connectivity index (χ2v) is 5.71. The lowest BCUT2D eigenvalue weighted by molar-refractivity contribution is -0.132. The summed E-state index contributed by atoms with van der Waals surface area (Å²) in [6.07, 6.45) is 0.404. The van der Waals surface area contributed by atoms with Crippen molar-refractivity contribution in [3.05, 3.63) is 58.9 Å². The molecule has 0 atom stereocenters. The normalized spacial score (nSPS) is 10.0. The van der Waals surface area contributed by atoms with Crippen LogP contribution in [0.1, 0.15) is 21.5 Å². The van der Waals surface area contributed by atoms with Gasteiger partial charge in [0.25, 0.3) is 5.91 Å². The van der Waals surface area contributed by atoms with Crippen molar-refractivity contribution >= 4 is 24.8 Å². The first kappa shape index (κ1) is 20.1. The molecule has 0 aliphatic heterocycles. The maximum atomic E-state index is 13.8. The number of likely N-dealkylation sites (N-methyl/N-ethyl adjacent to an activating group) is 1. The summed E-state index contributed by atoms with van der Waals surface area (Å²) >= 11 is 0. The molecule has 0 spiro atoms. The van der Waals surface area contributed by atoms with Crippen molar-refractivity contribution in [3.63, 3.8) is 0 Å². The van der Waals surface area contributed by atoms with E-state index in [-0.39, 0.29) is 34.4 Å². The van der Waals surface area contributed by atoms with E-state index in [4.69, 9.17) is 10.00 Å². The van der Waals surface area contributed by atoms with Crippen molar-refractivity contribution in [1.82, 2.24) is 4.90 Å². The highest BCUT2D eigenvalue weighted by Crippen LogP contribution is 2.16. The smallest absolute Gasteiger partial charge is 0.483 e. The van der Waals surface area contributed by atoms with E-state index in [2.05, 4.69) is 0 Å². The lowest BCUT2D eigenvalue weighted by Gasteiger charge is -2.19. The van der Waals surface area contributed by atoms with Gasteiger partial charge >= 0.3 is 7.12 Å². The van der Waals surface area contributed by atoms with Gasteiger partial charge in [-0.2, -0.15) is 5.26 Å². The molecule has 9 heteroatoms. The van der Waals surface area contributed by atoms with E-state index in [9.17, 15) is 24.0 Å². The third-order valence-electron chi connectivity index (χ3n) is 3.86. The van der Waals surface area contributed by atoms with Gasteiger partial charge in [-0.1, -0.05) is 12.1 Å². The Balaban J connectivity index is 2.07. The largest absolute Gasteiger partial charge is 0.489 e. The Bertz CT molecular complexity index is 898. The van der Waals surface area contributed by atoms with Gasteiger partial charge in [0, 0.05) is 19.2 Å². The van der Waals surface area contributed by atoms with Crippen LogP contribution in [0.15, 0.2) is 36.4 Å². The van der Waals surface area contributed by atoms with Gasteiger partial charge in [0.05, 0.1) is 17.2 Å². The number of halogens is 1. The topological polar surface area (TPSA) is 111 Å². The van der Waals surface area contributed by atoms with Gasteiger partial charge in [-0.15, -0.1) is 0 Å². The molecular formula is C18H16BFN2O5. The lowest BCUT2D eigenvalue weighted by atomic mass is 9.77. The highest BCUT2D eigenvalue weighted by atomic mass is 19.1. The molecule has 2 aromatic carbocycles. The molecule has 0 bridgehead atoms. The van der Waals surface area contributed by atoms with E-state index >= 15 is 0 Å². The minimum Gasteiger partial charge on any atom is -0.483 e. The van der Waals surface area contributed by atoms with Crippen molar-refractivity contribution in [2.75, 3.05) is 13.7 Å². The molecule has 2 aromatic rings. The first-order chi connectivity index (χ1) is 12.9. The molecule has 0 heterocycles. The summed E-state index contributed by atoms with van der Waals surface area (Å²) in [7, 11) is -0.416. The number of hydrogen-bond acceptors (Lipinski definition) is 6. The quantitative estimate of drug-likeness (QED) is 0.533. The highest BCUT2D eigenvalue weighted by molar-refractivity contribution is 6.60. The monoisotopic (exact) mass is 370 g/mol. The molecule has 2 rings (SSSR count). The molecule has 0 fully saturated rings. The molecule has 7 nitrogen and oxygen atoms in total. The van der Waals surface area contributed by atoms with Crippen LogP contribution in [0.5, 0.6) is 5.75 Å². The Hall–Kier alpha value is -3.22. The molecule has 2 N–H and O–H groups in total. The number of rotatable bonds is 7. The van der Waals surface area contributed by atoms with Gasteiger partial charge in [-0.3, -0.25) is 9.59 Å². The summed E-state index contributed by atoms with van der Waals surface area (Å²) in [4.78, 5) is 24.6. The van der Waals surface area contributed by atoms with Crippen LogP contribution in [0.25, 0.3) is 0 Å². The molecule has 0 saturated heterocycles. The van der Waals surface area contributed by atoms with E-state index in [1.807, 2.05) is 6.07 Å². The summed E-state index contributed by atoms with van der Waals surface area (Å²) < 4.78 is 19.2. The van der Waals surface area contributed by atoms with Gasteiger partial charge in [-0.25, -0.2) is 4.39 Å². The van der Waals surface area contributed by atoms with Crippen LogP contribution < -0.4 is 10.2 Å². The van der Waals surface area contributed by atoms with Crippen LogP contribution in [0.3, 0.4) is 0 Å². The Kier molecular flexibility index (Phi) is 6.65. The summed E-state index contributed by atoms with van der Waals surface area (Å²) in [5.74, 6) is -1.01. The third-order valence-corrected chi connectivity index (χ3v) is 3.86. The van der Waals surface area contributed by atoms with Crippen molar-refractivity contribution < 1.29 is 28.8 Å². The third kappa shape index (κ3) is 4.91. The minimum absolute atomic E-state index is 0.0232. The number of amides is 1. The summed E-state index contributed by atoms with van der Waals surface area (Å²) in [5, 5.41) is 27.4. The van der Waals surface area contributed by atoms with Crippen LogP contribution in [-0.4, -0.2) is 47.9 Å². The SMILES string of the molecule is CN(Cc1cc(C#N)ccc1F)C(=O)COc1cccc(B(O)O)c1C=O. The van der Waals surface area contributed by atoms with Crippen LogP contribution >= 0.6 is 0 Å². The van der Waals surface area contributed by atoms with Crippen molar-refractivity contribution in [2.45, 2.75) is 6.54 Å². The number of nitriles is 1. The van der Waals surface area contributed by atoms with Gasteiger partial charge in [0.15, 0.2) is 12.9 Å². The Morgan fingerprint density at radius 2 is 2.11 bits per heavy atom. The zero-order chi connectivity index (χ0) is 20.0. The molecule has 1 amide bonds. The Morgan fingerprint density at radius 3 is 2.74 bits per heavy atom. The summed E-state index contributed by atoms with van der Waals surface area (Å²) in [6, 6.07) is 9.97. The van der Waals surface area contributed by atoms with Gasteiger partial charge in [0.2, 0.25) is 0 Å². The number of hydrogen-bond donors (Lipinski definition) is 2. The van der Waals surface area contributed by atoms with Crippen molar-refractivity contribution in [1.29, 1.82) is 5.26 Å². The van der Waals surface area contributed by atoms with Gasteiger partial charge in [0.1, 0.15) is 11.6 Å². The number of aldehydes is 1. The Morgan fingerprint density at radius 1 is 1.37 bits per heavy atom. The molecule has 27 heavy (non-hydrogen) atoms. The van der Waals surface area contributed by atoms with Gasteiger partial charge < -0.3 is 19.7 Å². The lowest BCUT2D eigenvalue weighted by Crippen LogP contribution is -2.34.